The van der Waals surface area contributed by atoms with Gasteiger partial charge in [0.05, 0.1) is 28.2 Å². The minimum atomic E-state index is -0.215. The average Bonchev–Trinajstić information content (AvgIpc) is 3.06. The number of fused-ring (bicyclic) bond motifs is 1. The molecular formula is C23H27ClN4O. The number of hydrogen-bond acceptors (Lipinski definition) is 3. The zero-order valence-corrected chi connectivity index (χ0v) is 17.7. The van der Waals surface area contributed by atoms with E-state index < -0.39 is 0 Å². The fourth-order valence-electron chi connectivity index (χ4n) is 3.99. The molecule has 0 spiro atoms. The van der Waals surface area contributed by atoms with Crippen LogP contribution in [0, 0.1) is 5.92 Å². The van der Waals surface area contributed by atoms with E-state index in [1.54, 1.807) is 18.2 Å². The maximum absolute atomic E-state index is 12.6. The van der Waals surface area contributed by atoms with Gasteiger partial charge in [-0.3, -0.25) is 9.69 Å². The summed E-state index contributed by atoms with van der Waals surface area (Å²) < 4.78 is 2.27. The van der Waals surface area contributed by atoms with E-state index in [2.05, 4.69) is 28.6 Å². The van der Waals surface area contributed by atoms with Crippen LogP contribution in [0.15, 0.2) is 42.5 Å². The van der Waals surface area contributed by atoms with E-state index in [0.717, 1.165) is 54.6 Å². The number of imidazole rings is 1. The summed E-state index contributed by atoms with van der Waals surface area (Å²) in [5.74, 6) is 1.69. The molecule has 3 aromatic rings. The van der Waals surface area contributed by atoms with Crippen LogP contribution in [0.4, 0.5) is 5.69 Å². The van der Waals surface area contributed by atoms with Crippen LogP contribution in [0.25, 0.3) is 11.0 Å². The summed E-state index contributed by atoms with van der Waals surface area (Å²) in [6.45, 7) is 8.49. The Morgan fingerprint density at radius 1 is 1.21 bits per heavy atom. The van der Waals surface area contributed by atoms with Gasteiger partial charge in [0.15, 0.2) is 0 Å². The van der Waals surface area contributed by atoms with E-state index >= 15 is 0 Å². The average molecular weight is 411 g/mol. The van der Waals surface area contributed by atoms with Crippen molar-refractivity contribution in [3.8, 4) is 0 Å². The summed E-state index contributed by atoms with van der Waals surface area (Å²) in [5, 5.41) is 3.39. The highest BCUT2D eigenvalue weighted by Gasteiger charge is 2.19. The van der Waals surface area contributed by atoms with Gasteiger partial charge in [0.25, 0.3) is 5.91 Å². The molecule has 1 aliphatic rings. The molecule has 1 saturated heterocycles. The smallest absolute Gasteiger partial charge is 0.257 e. The van der Waals surface area contributed by atoms with Crippen molar-refractivity contribution in [3.05, 3.63) is 58.9 Å². The van der Waals surface area contributed by atoms with Crippen LogP contribution >= 0.6 is 11.6 Å². The first kappa shape index (κ1) is 19.9. The number of rotatable bonds is 5. The van der Waals surface area contributed by atoms with Gasteiger partial charge in [0.1, 0.15) is 5.82 Å². The number of benzene rings is 2. The first-order valence-electron chi connectivity index (χ1n) is 10.3. The highest BCUT2D eigenvalue weighted by Crippen LogP contribution is 2.24. The van der Waals surface area contributed by atoms with E-state index in [4.69, 9.17) is 16.6 Å². The highest BCUT2D eigenvalue weighted by molar-refractivity contribution is 6.34. The second-order valence-corrected chi connectivity index (χ2v) is 8.28. The van der Waals surface area contributed by atoms with Crippen molar-refractivity contribution in [3.63, 3.8) is 0 Å². The van der Waals surface area contributed by atoms with Gasteiger partial charge in [-0.1, -0.05) is 30.7 Å². The minimum absolute atomic E-state index is 0.215. The summed E-state index contributed by atoms with van der Waals surface area (Å²) >= 11 is 6.14. The Morgan fingerprint density at radius 2 is 1.97 bits per heavy atom. The largest absolute Gasteiger partial charge is 0.327 e. The zero-order valence-electron chi connectivity index (χ0n) is 17.0. The third-order valence-corrected chi connectivity index (χ3v) is 6.09. The number of nitrogens with zero attached hydrogens (tertiary/aromatic N) is 3. The Bertz CT molecular complexity index is 1020. The van der Waals surface area contributed by atoms with Gasteiger partial charge < -0.3 is 9.88 Å². The molecule has 6 heteroatoms. The van der Waals surface area contributed by atoms with E-state index in [0.29, 0.717) is 10.6 Å². The molecule has 0 bridgehead atoms. The van der Waals surface area contributed by atoms with Gasteiger partial charge in [-0.15, -0.1) is 0 Å². The molecule has 152 valence electrons. The molecule has 1 fully saturated rings. The molecule has 1 N–H and O–H groups in total. The fourth-order valence-corrected chi connectivity index (χ4v) is 4.22. The molecule has 5 nitrogen and oxygen atoms in total. The lowest BCUT2D eigenvalue weighted by molar-refractivity contribution is 0.102. The molecule has 0 unspecified atom stereocenters. The molecule has 1 aromatic heterocycles. The standard InChI is InChI=1S/C23H27ClN4O/c1-3-28-21-9-8-17(25-23(29)18-6-4-5-7-19(18)24)14-20(21)26-22(28)15-27-12-10-16(2)11-13-27/h4-9,14,16H,3,10-13,15H2,1-2H3,(H,25,29). The number of anilines is 1. The first-order valence-corrected chi connectivity index (χ1v) is 10.7. The van der Waals surface area contributed by atoms with Crippen molar-refractivity contribution in [1.29, 1.82) is 0 Å². The number of amides is 1. The van der Waals surface area contributed by atoms with Crippen LogP contribution in [-0.4, -0.2) is 33.4 Å². The molecule has 0 atom stereocenters. The Hall–Kier alpha value is -2.37. The molecule has 4 rings (SSSR count). The Labute approximate surface area is 176 Å². The number of aryl methyl sites for hydroxylation is 1. The van der Waals surface area contributed by atoms with E-state index in [-0.39, 0.29) is 5.91 Å². The molecule has 2 aromatic carbocycles. The SMILES string of the molecule is CCn1c(CN2CCC(C)CC2)nc2cc(NC(=O)c3ccccc3Cl)ccc21. The topological polar surface area (TPSA) is 50.2 Å². The molecule has 0 saturated carbocycles. The van der Waals surface area contributed by atoms with Gasteiger partial charge in [-0.2, -0.15) is 0 Å². The van der Waals surface area contributed by atoms with Crippen molar-refractivity contribution >= 4 is 34.2 Å². The first-order chi connectivity index (χ1) is 14.0. The van der Waals surface area contributed by atoms with Gasteiger partial charge in [-0.05, 0) is 69.1 Å². The summed E-state index contributed by atoms with van der Waals surface area (Å²) in [6, 6.07) is 13.0. The lowest BCUT2D eigenvalue weighted by Gasteiger charge is -2.29. The van der Waals surface area contributed by atoms with Crippen LogP contribution in [0.1, 0.15) is 42.9 Å². The van der Waals surface area contributed by atoms with Crippen molar-refractivity contribution < 1.29 is 4.79 Å². The third-order valence-electron chi connectivity index (χ3n) is 5.76. The van der Waals surface area contributed by atoms with Crippen molar-refractivity contribution in [2.24, 2.45) is 5.92 Å². The Kier molecular flexibility index (Phi) is 5.88. The van der Waals surface area contributed by atoms with Crippen LogP contribution in [0.2, 0.25) is 5.02 Å². The van der Waals surface area contributed by atoms with Crippen molar-refractivity contribution in [2.45, 2.75) is 39.8 Å². The van der Waals surface area contributed by atoms with E-state index in [1.807, 2.05) is 24.3 Å². The number of halogens is 1. The van der Waals surface area contributed by atoms with Gasteiger partial charge >= 0.3 is 0 Å². The van der Waals surface area contributed by atoms with Crippen molar-refractivity contribution in [2.75, 3.05) is 18.4 Å². The van der Waals surface area contributed by atoms with E-state index in [9.17, 15) is 4.79 Å². The third kappa shape index (κ3) is 4.31. The number of carbonyl (C=O) groups is 1. The number of piperidine rings is 1. The van der Waals surface area contributed by atoms with Gasteiger partial charge in [-0.25, -0.2) is 4.98 Å². The van der Waals surface area contributed by atoms with Crippen molar-refractivity contribution in [1.82, 2.24) is 14.5 Å². The maximum Gasteiger partial charge on any atom is 0.257 e. The van der Waals surface area contributed by atoms with Gasteiger partial charge in [0, 0.05) is 12.2 Å². The quantitative estimate of drug-likeness (QED) is 0.629. The number of aromatic nitrogens is 2. The predicted octanol–water partition coefficient (Wildman–Crippen LogP) is 5.19. The van der Waals surface area contributed by atoms with Crippen LogP contribution in [-0.2, 0) is 13.1 Å². The lowest BCUT2D eigenvalue weighted by atomic mass is 9.99. The summed E-state index contributed by atoms with van der Waals surface area (Å²) in [7, 11) is 0. The van der Waals surface area contributed by atoms with Gasteiger partial charge in [0.2, 0.25) is 0 Å². The molecule has 0 aliphatic carbocycles. The molecule has 1 aliphatic heterocycles. The molecule has 0 radical (unpaired) electrons. The minimum Gasteiger partial charge on any atom is -0.327 e. The summed E-state index contributed by atoms with van der Waals surface area (Å²) in [6.07, 6.45) is 2.51. The number of carbonyl (C=O) groups excluding carboxylic acids is 1. The second kappa shape index (κ2) is 8.56. The van der Waals surface area contributed by atoms with Crippen LogP contribution in [0.5, 0.6) is 0 Å². The summed E-state index contributed by atoms with van der Waals surface area (Å²) in [5.41, 5.74) is 3.20. The highest BCUT2D eigenvalue weighted by atomic mass is 35.5. The normalized spacial score (nSPS) is 15.7. The molecule has 29 heavy (non-hydrogen) atoms. The van der Waals surface area contributed by atoms with E-state index in [1.165, 1.54) is 12.8 Å². The number of nitrogens with one attached hydrogen (secondary N) is 1. The second-order valence-electron chi connectivity index (χ2n) is 7.87. The Morgan fingerprint density at radius 3 is 2.69 bits per heavy atom. The molecule has 2 heterocycles. The number of hydrogen-bond donors (Lipinski definition) is 1. The summed E-state index contributed by atoms with van der Waals surface area (Å²) in [4.78, 5) is 20.0. The molecule has 1 amide bonds. The Balaban J connectivity index is 1.56. The zero-order chi connectivity index (χ0) is 20.4. The lowest BCUT2D eigenvalue weighted by Crippen LogP contribution is -2.33. The van der Waals surface area contributed by atoms with Crippen LogP contribution < -0.4 is 5.32 Å². The predicted molar refractivity (Wildman–Crippen MR) is 118 cm³/mol. The maximum atomic E-state index is 12.6. The fraction of sp³-hybridized carbons (Fsp3) is 0.391. The number of likely N-dealkylation sites (tertiary alicyclic amines) is 1. The monoisotopic (exact) mass is 410 g/mol. The molecular weight excluding hydrogens is 384 g/mol. The van der Waals surface area contributed by atoms with Crippen LogP contribution in [0.3, 0.4) is 0 Å².